The molecule has 1 rings (SSSR count). The van der Waals surface area contributed by atoms with Crippen LogP contribution in [0.4, 0.5) is 4.79 Å². The average molecular weight is 156 g/mol. The molecule has 0 fully saturated rings. The first-order valence-corrected chi connectivity index (χ1v) is 2.66. The summed E-state index contributed by atoms with van der Waals surface area (Å²) in [6.45, 7) is 0. The van der Waals surface area contributed by atoms with Gasteiger partial charge in [0.25, 0.3) is 5.91 Å². The normalized spacial score (nSPS) is 22.4. The van der Waals surface area contributed by atoms with E-state index in [9.17, 15) is 14.4 Å². The summed E-state index contributed by atoms with van der Waals surface area (Å²) in [6.07, 6.45) is 0.286. The minimum Gasteiger partial charge on any atom is -0.350 e. The Morgan fingerprint density at radius 3 is 2.64 bits per heavy atom. The highest BCUT2D eigenvalue weighted by Crippen LogP contribution is 2.07. The van der Waals surface area contributed by atoms with Crippen molar-refractivity contribution in [2.24, 2.45) is 16.1 Å². The smallest absolute Gasteiger partial charge is 0.344 e. The van der Waals surface area contributed by atoms with Crippen LogP contribution in [0.1, 0.15) is 0 Å². The quantitative estimate of drug-likeness (QED) is 0.382. The third-order valence-electron chi connectivity index (χ3n) is 1.06. The number of aldehydes is 1. The minimum absolute atomic E-state index is 0.286. The molecule has 0 aliphatic carbocycles. The summed E-state index contributed by atoms with van der Waals surface area (Å²) in [5.41, 5.74) is 4.70. The summed E-state index contributed by atoms with van der Waals surface area (Å²) in [4.78, 5) is 31.1. The van der Waals surface area contributed by atoms with Crippen molar-refractivity contribution >= 4 is 18.2 Å². The van der Waals surface area contributed by atoms with E-state index in [0.717, 1.165) is 0 Å². The number of rotatable bonds is 1. The highest BCUT2D eigenvalue weighted by molar-refractivity contribution is 6.04. The Balaban J connectivity index is 2.79. The zero-order chi connectivity index (χ0) is 8.43. The maximum Gasteiger partial charge on any atom is 0.344 e. The Kier molecular flexibility index (Phi) is 1.63. The largest absolute Gasteiger partial charge is 0.350 e. The Morgan fingerprint density at radius 1 is 1.73 bits per heavy atom. The fraction of sp³-hybridized carbons (Fsp3) is 0.250. The number of hydrogen-bond acceptors (Lipinski definition) is 5. The molecule has 1 heterocycles. The van der Waals surface area contributed by atoms with Crippen molar-refractivity contribution in [2.45, 2.75) is 6.04 Å². The fourth-order valence-electron chi connectivity index (χ4n) is 0.564. The van der Waals surface area contributed by atoms with Gasteiger partial charge in [0.2, 0.25) is 6.04 Å². The molecule has 7 nitrogen and oxygen atoms in total. The van der Waals surface area contributed by atoms with E-state index in [1.54, 1.807) is 0 Å². The third kappa shape index (κ3) is 1.07. The molecule has 1 aliphatic heterocycles. The molecular weight excluding hydrogens is 152 g/mol. The monoisotopic (exact) mass is 156 g/mol. The number of carbonyl (C=O) groups is 3. The second kappa shape index (κ2) is 2.45. The van der Waals surface area contributed by atoms with Crippen LogP contribution in [-0.4, -0.2) is 29.3 Å². The Morgan fingerprint density at radius 2 is 2.36 bits per heavy atom. The molecule has 0 saturated carbocycles. The topological polar surface area (TPSA) is 105 Å². The van der Waals surface area contributed by atoms with Gasteiger partial charge in [-0.3, -0.25) is 4.79 Å². The Bertz CT molecular complexity index is 248. The summed E-state index contributed by atoms with van der Waals surface area (Å²) in [7, 11) is 0. The van der Waals surface area contributed by atoms with Crippen molar-refractivity contribution in [3.8, 4) is 0 Å². The van der Waals surface area contributed by atoms with Gasteiger partial charge >= 0.3 is 6.03 Å². The van der Waals surface area contributed by atoms with Crippen LogP contribution in [0.2, 0.25) is 0 Å². The zero-order valence-corrected chi connectivity index (χ0v) is 5.30. The van der Waals surface area contributed by atoms with E-state index < -0.39 is 18.0 Å². The molecule has 0 saturated heterocycles. The van der Waals surface area contributed by atoms with Crippen LogP contribution in [-0.2, 0) is 9.59 Å². The summed E-state index contributed by atoms with van der Waals surface area (Å²) >= 11 is 0. The van der Waals surface area contributed by atoms with Crippen LogP contribution < -0.4 is 5.73 Å². The van der Waals surface area contributed by atoms with Crippen molar-refractivity contribution in [3.63, 3.8) is 0 Å². The van der Waals surface area contributed by atoms with Crippen LogP contribution in [0.25, 0.3) is 0 Å². The molecule has 7 heteroatoms. The van der Waals surface area contributed by atoms with Gasteiger partial charge in [0.1, 0.15) is 0 Å². The fourth-order valence-corrected chi connectivity index (χ4v) is 0.564. The van der Waals surface area contributed by atoms with Crippen LogP contribution in [0.3, 0.4) is 0 Å². The van der Waals surface area contributed by atoms with Crippen LogP contribution in [0.15, 0.2) is 10.3 Å². The molecule has 2 N–H and O–H groups in total. The zero-order valence-electron chi connectivity index (χ0n) is 5.30. The minimum atomic E-state index is -1.21. The maximum atomic E-state index is 10.8. The van der Waals surface area contributed by atoms with E-state index in [4.69, 9.17) is 5.73 Å². The lowest BCUT2D eigenvalue weighted by molar-refractivity contribution is -0.129. The first kappa shape index (κ1) is 7.32. The van der Waals surface area contributed by atoms with Gasteiger partial charge in [-0.05, 0) is 0 Å². The molecule has 58 valence electrons. The standard InChI is InChI=1S/C4H4N4O3/c5-4(11)8-3(10)2(1-9)6-7-8/h1-2H,(H2,5,11). The second-order valence-electron chi connectivity index (χ2n) is 1.77. The van der Waals surface area contributed by atoms with Crippen molar-refractivity contribution in [1.29, 1.82) is 0 Å². The number of nitrogens with two attached hydrogens (primary N) is 1. The number of nitrogens with zero attached hydrogens (tertiary/aromatic N) is 3. The van der Waals surface area contributed by atoms with Gasteiger partial charge in [-0.1, -0.05) is 5.22 Å². The van der Waals surface area contributed by atoms with Crippen LogP contribution >= 0.6 is 0 Å². The van der Waals surface area contributed by atoms with Crippen molar-refractivity contribution < 1.29 is 14.4 Å². The lowest BCUT2D eigenvalue weighted by atomic mass is 10.3. The van der Waals surface area contributed by atoms with Crippen LogP contribution in [0.5, 0.6) is 0 Å². The molecule has 3 amide bonds. The molecule has 0 radical (unpaired) electrons. The van der Waals surface area contributed by atoms with E-state index in [1.165, 1.54) is 0 Å². The molecule has 1 atom stereocenters. The highest BCUT2D eigenvalue weighted by atomic mass is 16.2. The SMILES string of the molecule is NC(=O)N1N=NC(C=O)C1=O. The molecule has 1 aliphatic rings. The third-order valence-corrected chi connectivity index (χ3v) is 1.06. The van der Waals surface area contributed by atoms with E-state index >= 15 is 0 Å². The second-order valence-corrected chi connectivity index (χ2v) is 1.77. The van der Waals surface area contributed by atoms with E-state index in [0.29, 0.717) is 5.01 Å². The molecular formula is C4H4N4O3. The summed E-state index contributed by atoms with van der Waals surface area (Å²) < 4.78 is 0. The first-order chi connectivity index (χ1) is 5.16. The predicted molar refractivity (Wildman–Crippen MR) is 31.1 cm³/mol. The van der Waals surface area contributed by atoms with Crippen molar-refractivity contribution in [2.75, 3.05) is 0 Å². The summed E-state index contributed by atoms with van der Waals surface area (Å²) in [5, 5.41) is 6.59. The summed E-state index contributed by atoms with van der Waals surface area (Å²) in [5.74, 6) is -0.812. The van der Waals surface area contributed by atoms with E-state index in [2.05, 4.69) is 10.3 Å². The molecule has 0 bridgehead atoms. The first-order valence-electron chi connectivity index (χ1n) is 2.66. The predicted octanol–water partition coefficient (Wildman–Crippen LogP) is -1.16. The molecule has 11 heavy (non-hydrogen) atoms. The van der Waals surface area contributed by atoms with E-state index in [-0.39, 0.29) is 6.29 Å². The van der Waals surface area contributed by atoms with Crippen molar-refractivity contribution in [3.05, 3.63) is 0 Å². The van der Waals surface area contributed by atoms with Crippen LogP contribution in [0, 0.1) is 0 Å². The Hall–Kier alpha value is -1.79. The average Bonchev–Trinajstić information content (AvgIpc) is 2.30. The van der Waals surface area contributed by atoms with Gasteiger partial charge in [-0.2, -0.15) is 0 Å². The number of imide groups is 1. The van der Waals surface area contributed by atoms with Gasteiger partial charge in [0.05, 0.1) is 0 Å². The number of urea groups is 1. The molecule has 0 aromatic carbocycles. The van der Waals surface area contributed by atoms with Gasteiger partial charge in [0, 0.05) is 0 Å². The number of carbonyl (C=O) groups excluding carboxylic acids is 3. The van der Waals surface area contributed by atoms with E-state index in [1.807, 2.05) is 0 Å². The van der Waals surface area contributed by atoms with Crippen molar-refractivity contribution in [1.82, 2.24) is 5.01 Å². The van der Waals surface area contributed by atoms with Gasteiger partial charge in [-0.25, -0.2) is 4.79 Å². The molecule has 0 aromatic heterocycles. The molecule has 0 spiro atoms. The van der Waals surface area contributed by atoms with Gasteiger partial charge in [-0.15, -0.1) is 10.1 Å². The lowest BCUT2D eigenvalue weighted by Crippen LogP contribution is -2.37. The summed E-state index contributed by atoms with van der Waals surface area (Å²) in [6, 6.07) is -2.24. The number of hydrogen-bond donors (Lipinski definition) is 1. The molecule has 1 unspecified atom stereocenters. The number of amides is 3. The lowest BCUT2D eigenvalue weighted by Gasteiger charge is -2.02. The van der Waals surface area contributed by atoms with Gasteiger partial charge in [0.15, 0.2) is 6.29 Å². The maximum absolute atomic E-state index is 10.8. The number of primary amides is 1. The highest BCUT2D eigenvalue weighted by Gasteiger charge is 2.33. The van der Waals surface area contributed by atoms with Gasteiger partial charge < -0.3 is 10.5 Å². The molecule has 0 aromatic rings. The Labute approximate surface area is 60.8 Å².